The third kappa shape index (κ3) is 6.02. The van der Waals surface area contributed by atoms with Gasteiger partial charge in [0.05, 0.1) is 17.7 Å². The number of aliphatic hydroxyl groups is 1. The number of nitrogens with zero attached hydrogens (tertiary/aromatic N) is 1. The van der Waals surface area contributed by atoms with Crippen LogP contribution in [0.1, 0.15) is 17.2 Å². The van der Waals surface area contributed by atoms with Crippen molar-refractivity contribution in [3.05, 3.63) is 65.7 Å². The zero-order valence-electron chi connectivity index (χ0n) is 13.0. The first-order valence-electron chi connectivity index (χ1n) is 7.60. The van der Waals surface area contributed by atoms with E-state index in [0.717, 1.165) is 24.2 Å². The molecule has 1 unspecified atom stereocenters. The fourth-order valence-electron chi connectivity index (χ4n) is 2.20. The Bertz CT molecular complexity index is 614. The summed E-state index contributed by atoms with van der Waals surface area (Å²) in [5.41, 5.74) is 8.54. The molecule has 0 amide bonds. The summed E-state index contributed by atoms with van der Waals surface area (Å²) in [6.45, 7) is 1.34. The zero-order chi connectivity index (χ0) is 16.5. The normalized spacial score (nSPS) is 13.0. The smallest absolute Gasteiger partial charge is 0.115 e. The molecule has 2 aromatic carbocycles. The van der Waals surface area contributed by atoms with E-state index in [1.54, 1.807) is 0 Å². The summed E-state index contributed by atoms with van der Waals surface area (Å²) in [4.78, 5) is 4.19. The highest BCUT2D eigenvalue weighted by Crippen LogP contribution is 2.14. The van der Waals surface area contributed by atoms with Crippen LogP contribution in [0.5, 0.6) is 0 Å². The van der Waals surface area contributed by atoms with E-state index in [4.69, 9.17) is 17.3 Å². The van der Waals surface area contributed by atoms with E-state index in [0.29, 0.717) is 12.4 Å². The quantitative estimate of drug-likeness (QED) is 0.301. The monoisotopic (exact) mass is 331 g/mol. The maximum Gasteiger partial charge on any atom is 0.115 e. The van der Waals surface area contributed by atoms with Gasteiger partial charge in [-0.1, -0.05) is 42.5 Å². The molecule has 0 spiro atoms. The van der Waals surface area contributed by atoms with Gasteiger partial charge in [-0.3, -0.25) is 0 Å². The largest absolute Gasteiger partial charge is 0.387 e. The van der Waals surface area contributed by atoms with E-state index in [2.05, 4.69) is 10.3 Å². The lowest BCUT2D eigenvalue weighted by Crippen LogP contribution is -2.23. The Labute approximate surface area is 142 Å². The van der Waals surface area contributed by atoms with Crippen LogP contribution in [0.25, 0.3) is 0 Å². The molecule has 0 radical (unpaired) electrons. The van der Waals surface area contributed by atoms with E-state index in [9.17, 15) is 5.11 Å². The van der Waals surface area contributed by atoms with Gasteiger partial charge < -0.3 is 16.2 Å². The van der Waals surface area contributed by atoms with Crippen molar-refractivity contribution in [2.75, 3.05) is 19.0 Å². The maximum absolute atomic E-state index is 10.1. The van der Waals surface area contributed by atoms with Gasteiger partial charge in [-0.25, -0.2) is 4.99 Å². The number of alkyl halides is 1. The number of aliphatic imine (C=N–C) groups is 1. The molecular weight excluding hydrogens is 310 g/mol. The zero-order valence-corrected chi connectivity index (χ0v) is 13.7. The Hall–Kier alpha value is -1.88. The number of nitrogens with one attached hydrogen (secondary N) is 1. The first-order valence-corrected chi connectivity index (χ1v) is 8.14. The van der Waals surface area contributed by atoms with Crippen LogP contribution in [0.4, 0.5) is 5.69 Å². The first kappa shape index (κ1) is 17.5. The van der Waals surface area contributed by atoms with Crippen molar-refractivity contribution in [3.8, 4) is 0 Å². The lowest BCUT2D eigenvalue weighted by molar-refractivity contribution is 0.175. The van der Waals surface area contributed by atoms with Gasteiger partial charge in [0, 0.05) is 6.54 Å². The minimum Gasteiger partial charge on any atom is -0.387 e. The number of benzene rings is 2. The highest BCUT2D eigenvalue weighted by Gasteiger charge is 2.05. The van der Waals surface area contributed by atoms with Gasteiger partial charge in [-0.2, -0.15) is 0 Å². The Morgan fingerprint density at radius 2 is 1.83 bits per heavy atom. The molecule has 122 valence electrons. The number of aliphatic hydroxyl groups excluding tert-OH is 1. The van der Waals surface area contributed by atoms with E-state index in [1.165, 1.54) is 5.56 Å². The lowest BCUT2D eigenvalue weighted by Gasteiger charge is -2.12. The molecule has 0 aromatic heterocycles. The minimum atomic E-state index is -0.480. The molecule has 23 heavy (non-hydrogen) atoms. The molecule has 2 aromatic rings. The van der Waals surface area contributed by atoms with Gasteiger partial charge >= 0.3 is 0 Å². The number of hydrogen-bond donors (Lipinski definition) is 3. The summed E-state index contributed by atoms with van der Waals surface area (Å²) < 4.78 is 0. The molecule has 0 bridgehead atoms. The first-order chi connectivity index (χ1) is 11.2. The Kier molecular flexibility index (Phi) is 7.07. The summed E-state index contributed by atoms with van der Waals surface area (Å²) in [6, 6.07) is 17.6. The third-order valence-electron chi connectivity index (χ3n) is 3.46. The van der Waals surface area contributed by atoms with Gasteiger partial charge in [0.1, 0.15) is 5.84 Å². The lowest BCUT2D eigenvalue weighted by atomic mass is 10.1. The average molecular weight is 332 g/mol. The fraction of sp³-hybridized carbons (Fsp3) is 0.278. The van der Waals surface area contributed by atoms with Crippen LogP contribution in [0.2, 0.25) is 0 Å². The van der Waals surface area contributed by atoms with Gasteiger partial charge in [-0.05, 0) is 36.2 Å². The molecule has 4 nitrogen and oxygen atoms in total. The molecule has 0 saturated heterocycles. The molecule has 0 aliphatic rings. The van der Waals surface area contributed by atoms with Gasteiger partial charge in [0.2, 0.25) is 0 Å². The second-order valence-electron chi connectivity index (χ2n) is 5.28. The Balaban J connectivity index is 1.74. The van der Waals surface area contributed by atoms with Crippen molar-refractivity contribution in [2.24, 2.45) is 10.7 Å². The van der Waals surface area contributed by atoms with E-state index in [-0.39, 0.29) is 5.88 Å². The van der Waals surface area contributed by atoms with Crippen molar-refractivity contribution >= 4 is 23.1 Å². The summed E-state index contributed by atoms with van der Waals surface area (Å²) >= 11 is 5.60. The summed E-state index contributed by atoms with van der Waals surface area (Å²) in [5, 5.41) is 13.3. The highest BCUT2D eigenvalue weighted by molar-refractivity contribution is 6.28. The third-order valence-corrected chi connectivity index (χ3v) is 3.73. The molecule has 0 aliphatic carbocycles. The standard InChI is InChI=1S/C18H22ClN3O/c19-12-18(20)22-16-8-6-14(7-9-16)10-11-21-13-17(23)15-4-2-1-3-5-15/h1-9,17,21,23H,10-13H2,(H2,20,22). The van der Waals surface area contributed by atoms with E-state index in [1.807, 2.05) is 54.6 Å². The molecular formula is C18H22ClN3O. The summed E-state index contributed by atoms with van der Waals surface area (Å²) in [7, 11) is 0. The number of nitrogens with two attached hydrogens (primary N) is 1. The van der Waals surface area contributed by atoms with Crippen molar-refractivity contribution < 1.29 is 5.11 Å². The van der Waals surface area contributed by atoms with E-state index < -0.39 is 6.10 Å². The van der Waals surface area contributed by atoms with Crippen molar-refractivity contribution in [3.63, 3.8) is 0 Å². The van der Waals surface area contributed by atoms with E-state index >= 15 is 0 Å². The van der Waals surface area contributed by atoms with Crippen LogP contribution < -0.4 is 11.1 Å². The summed E-state index contributed by atoms with van der Waals surface area (Å²) in [5.74, 6) is 0.645. The molecule has 5 heteroatoms. The SMILES string of the molecule is NC(CCl)=Nc1ccc(CCNCC(O)c2ccccc2)cc1. The number of rotatable bonds is 8. The second-order valence-corrected chi connectivity index (χ2v) is 5.55. The number of amidine groups is 1. The molecule has 0 aliphatic heterocycles. The van der Waals surface area contributed by atoms with Gasteiger partial charge in [0.15, 0.2) is 0 Å². The van der Waals surface area contributed by atoms with Crippen molar-refractivity contribution in [1.29, 1.82) is 0 Å². The summed E-state index contributed by atoms with van der Waals surface area (Å²) in [6.07, 6.45) is 0.405. The topological polar surface area (TPSA) is 70.6 Å². The van der Waals surface area contributed by atoms with Gasteiger partial charge in [0.25, 0.3) is 0 Å². The van der Waals surface area contributed by atoms with Crippen LogP contribution >= 0.6 is 11.6 Å². The van der Waals surface area contributed by atoms with Crippen molar-refractivity contribution in [2.45, 2.75) is 12.5 Å². The Morgan fingerprint density at radius 3 is 2.48 bits per heavy atom. The highest BCUT2D eigenvalue weighted by atomic mass is 35.5. The van der Waals surface area contributed by atoms with Crippen molar-refractivity contribution in [1.82, 2.24) is 5.32 Å². The van der Waals surface area contributed by atoms with Crippen LogP contribution in [-0.4, -0.2) is 29.9 Å². The maximum atomic E-state index is 10.1. The molecule has 2 rings (SSSR count). The predicted molar refractivity (Wildman–Crippen MR) is 96.4 cm³/mol. The number of halogens is 1. The van der Waals surface area contributed by atoms with Crippen LogP contribution in [0.15, 0.2) is 59.6 Å². The second kappa shape index (κ2) is 9.30. The molecule has 4 N–H and O–H groups in total. The average Bonchev–Trinajstić information content (AvgIpc) is 2.60. The Morgan fingerprint density at radius 1 is 1.13 bits per heavy atom. The molecule has 0 heterocycles. The van der Waals surface area contributed by atoms with Crippen LogP contribution in [0, 0.1) is 0 Å². The minimum absolute atomic E-state index is 0.232. The number of hydrogen-bond acceptors (Lipinski definition) is 3. The van der Waals surface area contributed by atoms with Crippen LogP contribution in [0.3, 0.4) is 0 Å². The van der Waals surface area contributed by atoms with Crippen LogP contribution in [-0.2, 0) is 6.42 Å². The van der Waals surface area contributed by atoms with Gasteiger partial charge in [-0.15, -0.1) is 11.6 Å². The molecule has 0 fully saturated rings. The molecule has 1 atom stereocenters. The molecule has 0 saturated carbocycles. The predicted octanol–water partition coefficient (Wildman–Crippen LogP) is 2.78. The fourth-order valence-corrected chi connectivity index (χ4v) is 2.26.